The topological polar surface area (TPSA) is 9.23 Å². The van der Waals surface area contributed by atoms with E-state index >= 15 is 0 Å². The van der Waals surface area contributed by atoms with Crippen LogP contribution >= 0.6 is 0 Å². The molecule has 0 saturated carbocycles. The Morgan fingerprint density at radius 3 is 0.905 bits per heavy atom. The fourth-order valence-electron chi connectivity index (χ4n) is 1.47. The first-order valence-corrected chi connectivity index (χ1v) is 7.08. The molecule has 0 atom stereocenters. The SMILES string of the molecule is C1CCOC1.[La].c1cc[cH-]c1.c1cc[cH-]c1.c1cc[cH-]c1. The van der Waals surface area contributed by atoms with Crippen molar-refractivity contribution in [2.45, 2.75) is 12.8 Å². The molecule has 1 heterocycles. The van der Waals surface area contributed by atoms with Crippen LogP contribution in [0.4, 0.5) is 0 Å². The van der Waals surface area contributed by atoms with E-state index in [1.54, 1.807) is 0 Å². The van der Waals surface area contributed by atoms with Crippen LogP contribution in [0.25, 0.3) is 0 Å². The van der Waals surface area contributed by atoms with E-state index in [2.05, 4.69) is 0 Å². The van der Waals surface area contributed by atoms with Crippen molar-refractivity contribution < 1.29 is 40.3 Å². The molecule has 21 heavy (non-hydrogen) atoms. The summed E-state index contributed by atoms with van der Waals surface area (Å²) >= 11 is 0. The molecule has 0 bridgehead atoms. The summed E-state index contributed by atoms with van der Waals surface area (Å²) in [5.74, 6) is 0. The molecule has 3 aromatic rings. The second-order valence-corrected chi connectivity index (χ2v) is 4.21. The van der Waals surface area contributed by atoms with Gasteiger partial charge in [0.2, 0.25) is 0 Å². The van der Waals surface area contributed by atoms with Gasteiger partial charge in [-0.25, -0.2) is 36.4 Å². The predicted octanol–water partition coefficient (Wildman–Crippen LogP) is 5.01. The second kappa shape index (κ2) is 17.3. The van der Waals surface area contributed by atoms with E-state index in [1.165, 1.54) is 12.8 Å². The molecule has 0 unspecified atom stereocenters. The molecule has 111 valence electrons. The number of rotatable bonds is 0. The minimum Gasteiger partial charge on any atom is -0.381 e. The Hall–Kier alpha value is -0.795. The number of ether oxygens (including phenoxy) is 1. The average Bonchev–Trinajstić information content (AvgIpc) is 3.40. The molecular formula is C19H23LaO-3. The number of hydrogen-bond acceptors (Lipinski definition) is 1. The van der Waals surface area contributed by atoms with Gasteiger partial charge in [-0.1, -0.05) is 0 Å². The van der Waals surface area contributed by atoms with E-state index in [0.29, 0.717) is 0 Å². The summed E-state index contributed by atoms with van der Waals surface area (Å²) in [6, 6.07) is 30.0. The predicted molar refractivity (Wildman–Crippen MR) is 86.2 cm³/mol. The Morgan fingerprint density at radius 1 is 0.524 bits per heavy atom. The molecule has 0 N–H and O–H groups in total. The first kappa shape index (κ1) is 20.2. The fourth-order valence-corrected chi connectivity index (χ4v) is 1.47. The summed E-state index contributed by atoms with van der Waals surface area (Å²) in [6.45, 7) is 2.00. The monoisotopic (exact) mass is 406 g/mol. The van der Waals surface area contributed by atoms with Crippen LogP contribution < -0.4 is 0 Å². The van der Waals surface area contributed by atoms with Gasteiger partial charge in [0.1, 0.15) is 0 Å². The van der Waals surface area contributed by atoms with Crippen LogP contribution in [0.5, 0.6) is 0 Å². The maximum atomic E-state index is 4.94. The van der Waals surface area contributed by atoms with Crippen LogP contribution in [0.2, 0.25) is 0 Å². The Bertz CT molecular complexity index is 300. The van der Waals surface area contributed by atoms with Crippen LogP contribution in [0.3, 0.4) is 0 Å². The van der Waals surface area contributed by atoms with Crippen molar-refractivity contribution in [2.24, 2.45) is 0 Å². The second-order valence-electron chi connectivity index (χ2n) is 4.21. The van der Waals surface area contributed by atoms with E-state index in [4.69, 9.17) is 4.74 Å². The Labute approximate surface area is 156 Å². The van der Waals surface area contributed by atoms with Crippen LogP contribution in [0, 0.1) is 35.6 Å². The van der Waals surface area contributed by atoms with Gasteiger partial charge in [-0.3, -0.25) is 0 Å². The van der Waals surface area contributed by atoms with Gasteiger partial charge in [0.15, 0.2) is 0 Å². The van der Waals surface area contributed by atoms with Crippen LogP contribution in [-0.4, -0.2) is 13.2 Å². The molecule has 0 spiro atoms. The first-order chi connectivity index (χ1) is 10.0. The van der Waals surface area contributed by atoms with Crippen molar-refractivity contribution in [2.75, 3.05) is 13.2 Å². The van der Waals surface area contributed by atoms with Gasteiger partial charge in [0.25, 0.3) is 0 Å². The van der Waals surface area contributed by atoms with Crippen LogP contribution in [-0.2, 0) is 4.74 Å². The molecular weight excluding hydrogens is 383 g/mol. The van der Waals surface area contributed by atoms with Gasteiger partial charge < -0.3 is 4.74 Å². The molecule has 2 heteroatoms. The van der Waals surface area contributed by atoms with Crippen molar-refractivity contribution in [3.8, 4) is 0 Å². The molecule has 0 aliphatic carbocycles. The third-order valence-corrected chi connectivity index (χ3v) is 2.49. The van der Waals surface area contributed by atoms with Crippen molar-refractivity contribution in [1.82, 2.24) is 0 Å². The summed E-state index contributed by atoms with van der Waals surface area (Å²) in [5, 5.41) is 0. The minimum atomic E-state index is 0. The smallest absolute Gasteiger partial charge is 0.0466 e. The van der Waals surface area contributed by atoms with E-state index in [1.807, 2.05) is 91.0 Å². The molecule has 0 aromatic heterocycles. The van der Waals surface area contributed by atoms with E-state index < -0.39 is 0 Å². The summed E-state index contributed by atoms with van der Waals surface area (Å²) in [7, 11) is 0. The minimum absolute atomic E-state index is 0. The van der Waals surface area contributed by atoms with E-state index in [0.717, 1.165) is 13.2 Å². The molecule has 1 aliphatic heterocycles. The molecule has 4 rings (SSSR count). The largest absolute Gasteiger partial charge is 0.381 e. The van der Waals surface area contributed by atoms with Gasteiger partial charge >= 0.3 is 0 Å². The number of hydrogen-bond donors (Lipinski definition) is 0. The van der Waals surface area contributed by atoms with E-state index in [9.17, 15) is 0 Å². The third kappa shape index (κ3) is 15.4. The zero-order valence-corrected chi connectivity index (χ0v) is 16.1. The summed E-state index contributed by atoms with van der Waals surface area (Å²) in [6.07, 6.45) is 2.56. The normalized spacial score (nSPS) is 11.4. The summed E-state index contributed by atoms with van der Waals surface area (Å²) in [4.78, 5) is 0. The van der Waals surface area contributed by atoms with Gasteiger partial charge in [-0.05, 0) is 12.8 Å². The molecule has 1 fully saturated rings. The average molecular weight is 406 g/mol. The van der Waals surface area contributed by atoms with Crippen LogP contribution in [0.1, 0.15) is 12.8 Å². The van der Waals surface area contributed by atoms with Gasteiger partial charge in [-0.15, -0.1) is 0 Å². The summed E-state index contributed by atoms with van der Waals surface area (Å²) in [5.41, 5.74) is 0. The maximum Gasteiger partial charge on any atom is 0.0466 e. The molecule has 1 nitrogen and oxygen atoms in total. The first-order valence-electron chi connectivity index (χ1n) is 7.08. The zero-order chi connectivity index (χ0) is 14.1. The Morgan fingerprint density at radius 2 is 0.810 bits per heavy atom. The molecule has 1 radical (unpaired) electrons. The third-order valence-electron chi connectivity index (χ3n) is 2.49. The van der Waals surface area contributed by atoms with Crippen molar-refractivity contribution >= 4 is 0 Å². The Kier molecular flexibility index (Phi) is 16.6. The molecule has 1 saturated heterocycles. The zero-order valence-electron chi connectivity index (χ0n) is 12.5. The van der Waals surface area contributed by atoms with Gasteiger partial charge in [-0.2, -0.15) is 54.6 Å². The van der Waals surface area contributed by atoms with E-state index in [-0.39, 0.29) is 35.6 Å². The van der Waals surface area contributed by atoms with Crippen molar-refractivity contribution in [3.05, 3.63) is 91.0 Å². The molecule has 1 aliphatic rings. The molecule has 3 aromatic carbocycles. The standard InChI is InChI=1S/3C5H5.C4H8O.La/c4*1-2-4-5-3-1;/h3*1-5H;1-4H2;/q3*-1;;. The maximum absolute atomic E-state index is 4.94. The van der Waals surface area contributed by atoms with Crippen LogP contribution in [0.15, 0.2) is 91.0 Å². The fraction of sp³-hybridized carbons (Fsp3) is 0.211. The Balaban J connectivity index is 0.000000250. The van der Waals surface area contributed by atoms with Gasteiger partial charge in [0, 0.05) is 48.8 Å². The molecule has 0 amide bonds. The van der Waals surface area contributed by atoms with Crippen molar-refractivity contribution in [1.29, 1.82) is 0 Å². The van der Waals surface area contributed by atoms with Gasteiger partial charge in [0.05, 0.1) is 0 Å². The quantitative estimate of drug-likeness (QED) is 0.477. The van der Waals surface area contributed by atoms with Crippen molar-refractivity contribution in [3.63, 3.8) is 0 Å². The summed E-state index contributed by atoms with van der Waals surface area (Å²) < 4.78 is 4.94.